The number of rotatable bonds is 4. The third-order valence-electron chi connectivity index (χ3n) is 3.72. The smallest absolute Gasteiger partial charge is 0.0489 e. The topological polar surface area (TPSA) is 0 Å². The van der Waals surface area contributed by atoms with Crippen molar-refractivity contribution in [3.8, 4) is 0 Å². The van der Waals surface area contributed by atoms with Crippen LogP contribution in [-0.4, -0.2) is 0 Å². The van der Waals surface area contributed by atoms with Crippen molar-refractivity contribution in [1.29, 1.82) is 0 Å². The van der Waals surface area contributed by atoms with Crippen LogP contribution in [0, 0.1) is 0 Å². The second-order valence-electron chi connectivity index (χ2n) is 5.10. The van der Waals surface area contributed by atoms with Gasteiger partial charge in [0.05, 0.1) is 0 Å². The first kappa shape index (κ1) is 15.3. The highest BCUT2D eigenvalue weighted by molar-refractivity contribution is 7.80. The molecule has 0 saturated heterocycles. The zero-order valence-corrected chi connectivity index (χ0v) is 14.2. The van der Waals surface area contributed by atoms with Gasteiger partial charge < -0.3 is 0 Å². The van der Waals surface area contributed by atoms with E-state index in [0.717, 1.165) is 11.4 Å². The van der Waals surface area contributed by atoms with E-state index in [1.807, 2.05) is 12.1 Å². The highest BCUT2D eigenvalue weighted by Crippen LogP contribution is 2.36. The standard InChI is InChI=1S/C20H18ClP/c1-2-16-10-6-8-14-19(16)22(17-11-4-3-5-12-17)20-15-9-7-13-18(20)21/h3-15H,2H2,1H3. The Morgan fingerprint density at radius 1 is 0.727 bits per heavy atom. The van der Waals surface area contributed by atoms with Crippen molar-refractivity contribution in [2.45, 2.75) is 13.3 Å². The third-order valence-corrected chi connectivity index (χ3v) is 6.79. The maximum Gasteiger partial charge on any atom is 0.0489 e. The summed E-state index contributed by atoms with van der Waals surface area (Å²) in [5, 5.41) is 4.82. The molecule has 110 valence electrons. The van der Waals surface area contributed by atoms with Crippen molar-refractivity contribution in [3.05, 3.63) is 89.4 Å². The summed E-state index contributed by atoms with van der Waals surface area (Å²) in [4.78, 5) is 0. The van der Waals surface area contributed by atoms with Crippen LogP contribution in [-0.2, 0) is 6.42 Å². The molecular formula is C20H18ClP. The molecule has 0 amide bonds. The van der Waals surface area contributed by atoms with Crippen LogP contribution in [0.4, 0.5) is 0 Å². The molecule has 1 atom stereocenters. The van der Waals surface area contributed by atoms with Gasteiger partial charge in [0.1, 0.15) is 0 Å². The molecular weight excluding hydrogens is 307 g/mol. The predicted octanol–water partition coefficient (Wildman–Crippen LogP) is 4.66. The first-order valence-electron chi connectivity index (χ1n) is 7.49. The fourth-order valence-corrected chi connectivity index (χ4v) is 5.60. The molecule has 3 aromatic carbocycles. The minimum Gasteiger partial charge on any atom is -0.0836 e. The number of hydrogen-bond donors (Lipinski definition) is 0. The summed E-state index contributed by atoms with van der Waals surface area (Å²) in [5.74, 6) is 0. The zero-order chi connectivity index (χ0) is 15.4. The minimum absolute atomic E-state index is 0.625. The van der Waals surface area contributed by atoms with Crippen LogP contribution in [0.25, 0.3) is 0 Å². The largest absolute Gasteiger partial charge is 0.0836 e. The van der Waals surface area contributed by atoms with Gasteiger partial charge in [-0.05, 0) is 36.6 Å². The van der Waals surface area contributed by atoms with Gasteiger partial charge in [-0.15, -0.1) is 0 Å². The van der Waals surface area contributed by atoms with Crippen molar-refractivity contribution < 1.29 is 0 Å². The van der Waals surface area contributed by atoms with Gasteiger partial charge in [0.2, 0.25) is 0 Å². The van der Waals surface area contributed by atoms with Crippen LogP contribution in [0.2, 0.25) is 5.02 Å². The maximum atomic E-state index is 6.53. The van der Waals surface area contributed by atoms with E-state index in [1.165, 1.54) is 21.5 Å². The van der Waals surface area contributed by atoms with Crippen molar-refractivity contribution in [1.82, 2.24) is 0 Å². The fraction of sp³-hybridized carbons (Fsp3) is 0.100. The van der Waals surface area contributed by atoms with Gasteiger partial charge in [0.25, 0.3) is 0 Å². The van der Waals surface area contributed by atoms with E-state index in [2.05, 4.69) is 73.7 Å². The lowest BCUT2D eigenvalue weighted by Gasteiger charge is -2.22. The van der Waals surface area contributed by atoms with Crippen LogP contribution < -0.4 is 15.9 Å². The average molecular weight is 325 g/mol. The van der Waals surface area contributed by atoms with Gasteiger partial charge in [-0.1, -0.05) is 91.3 Å². The third kappa shape index (κ3) is 3.09. The summed E-state index contributed by atoms with van der Waals surface area (Å²) >= 11 is 6.53. The Hall–Kier alpha value is -1.62. The molecule has 0 N–H and O–H groups in total. The summed E-state index contributed by atoms with van der Waals surface area (Å²) in [5.41, 5.74) is 1.40. The Labute approximate surface area is 138 Å². The minimum atomic E-state index is -0.625. The number of hydrogen-bond acceptors (Lipinski definition) is 0. The molecule has 0 bridgehead atoms. The van der Waals surface area contributed by atoms with E-state index in [1.54, 1.807) is 0 Å². The second kappa shape index (κ2) is 7.09. The molecule has 0 aliphatic carbocycles. The van der Waals surface area contributed by atoms with Crippen LogP contribution >= 0.6 is 19.5 Å². The van der Waals surface area contributed by atoms with E-state index >= 15 is 0 Å². The van der Waals surface area contributed by atoms with Gasteiger partial charge in [-0.3, -0.25) is 0 Å². The molecule has 3 aromatic rings. The van der Waals surface area contributed by atoms with Crippen molar-refractivity contribution >= 4 is 35.4 Å². The van der Waals surface area contributed by atoms with Crippen molar-refractivity contribution in [2.24, 2.45) is 0 Å². The van der Waals surface area contributed by atoms with Crippen molar-refractivity contribution in [3.63, 3.8) is 0 Å². The molecule has 0 aromatic heterocycles. The molecule has 0 spiro atoms. The number of benzene rings is 3. The first-order chi connectivity index (χ1) is 10.8. The molecule has 0 saturated carbocycles. The van der Waals surface area contributed by atoms with Gasteiger partial charge in [-0.2, -0.15) is 0 Å². The summed E-state index contributed by atoms with van der Waals surface area (Å²) in [7, 11) is -0.625. The van der Waals surface area contributed by atoms with Gasteiger partial charge in [0, 0.05) is 10.3 Å². The van der Waals surface area contributed by atoms with Crippen LogP contribution in [0.15, 0.2) is 78.9 Å². The predicted molar refractivity (Wildman–Crippen MR) is 99.5 cm³/mol. The van der Waals surface area contributed by atoms with Gasteiger partial charge in [-0.25, -0.2) is 0 Å². The SMILES string of the molecule is CCc1ccccc1P(c1ccccc1)c1ccccc1Cl. The molecule has 0 fully saturated rings. The Kier molecular flexibility index (Phi) is 4.93. The Balaban J connectivity index is 2.22. The van der Waals surface area contributed by atoms with Gasteiger partial charge in [0.15, 0.2) is 0 Å². The molecule has 0 nitrogen and oxygen atoms in total. The lowest BCUT2D eigenvalue weighted by Crippen LogP contribution is -2.23. The van der Waals surface area contributed by atoms with Crippen LogP contribution in [0.1, 0.15) is 12.5 Å². The fourth-order valence-electron chi connectivity index (χ4n) is 2.65. The van der Waals surface area contributed by atoms with Gasteiger partial charge >= 0.3 is 0 Å². The number of aryl methyl sites for hydroxylation is 1. The average Bonchev–Trinajstić information content (AvgIpc) is 2.58. The second-order valence-corrected chi connectivity index (χ2v) is 7.66. The quantitative estimate of drug-likeness (QED) is 0.612. The van der Waals surface area contributed by atoms with E-state index in [9.17, 15) is 0 Å². The molecule has 0 aliphatic heterocycles. The van der Waals surface area contributed by atoms with Crippen LogP contribution in [0.3, 0.4) is 0 Å². The molecule has 0 radical (unpaired) electrons. The monoisotopic (exact) mass is 324 g/mol. The zero-order valence-electron chi connectivity index (χ0n) is 12.5. The summed E-state index contributed by atoms with van der Waals surface area (Å²) in [6.45, 7) is 2.21. The maximum absolute atomic E-state index is 6.53. The molecule has 2 heteroatoms. The molecule has 3 rings (SSSR count). The van der Waals surface area contributed by atoms with E-state index < -0.39 is 7.92 Å². The van der Waals surface area contributed by atoms with E-state index in [-0.39, 0.29) is 0 Å². The highest BCUT2D eigenvalue weighted by Gasteiger charge is 2.20. The molecule has 22 heavy (non-hydrogen) atoms. The lowest BCUT2D eigenvalue weighted by molar-refractivity contribution is 1.15. The molecule has 0 heterocycles. The molecule has 1 unspecified atom stereocenters. The van der Waals surface area contributed by atoms with Crippen molar-refractivity contribution in [2.75, 3.05) is 0 Å². The summed E-state index contributed by atoms with van der Waals surface area (Å²) < 4.78 is 0. The Bertz CT molecular complexity index is 752. The lowest BCUT2D eigenvalue weighted by atomic mass is 10.2. The summed E-state index contributed by atoms with van der Waals surface area (Å²) in [6.07, 6.45) is 1.03. The van der Waals surface area contributed by atoms with E-state index in [4.69, 9.17) is 11.6 Å². The first-order valence-corrected chi connectivity index (χ1v) is 9.21. The van der Waals surface area contributed by atoms with E-state index in [0.29, 0.717) is 0 Å². The normalized spacial score (nSPS) is 12.1. The molecule has 0 aliphatic rings. The highest BCUT2D eigenvalue weighted by atomic mass is 35.5. The Morgan fingerprint density at radius 2 is 1.32 bits per heavy atom. The van der Waals surface area contributed by atoms with Crippen LogP contribution in [0.5, 0.6) is 0 Å². The Morgan fingerprint density at radius 3 is 2.00 bits per heavy atom. The summed E-state index contributed by atoms with van der Waals surface area (Å²) in [6, 6.07) is 27.6. The number of halogens is 1.